The lowest BCUT2D eigenvalue weighted by Gasteiger charge is -2.14. The lowest BCUT2D eigenvalue weighted by Crippen LogP contribution is -2.33. The Morgan fingerprint density at radius 2 is 2.13 bits per heavy atom. The predicted octanol–water partition coefficient (Wildman–Crippen LogP) is 2.36. The van der Waals surface area contributed by atoms with Gasteiger partial charge in [-0.1, -0.05) is 25.2 Å². The molecule has 0 spiro atoms. The van der Waals surface area contributed by atoms with E-state index >= 15 is 0 Å². The van der Waals surface area contributed by atoms with Gasteiger partial charge in [0.2, 0.25) is 9.47 Å². The molecule has 15 heavy (non-hydrogen) atoms. The Hall–Kier alpha value is -0.680. The van der Waals surface area contributed by atoms with Gasteiger partial charge in [-0.15, -0.1) is 10.2 Å². The fourth-order valence-electron chi connectivity index (χ4n) is 1.35. The van der Waals surface area contributed by atoms with Gasteiger partial charge in [0.05, 0.1) is 0 Å². The van der Waals surface area contributed by atoms with Crippen molar-refractivity contribution in [3.05, 3.63) is 9.47 Å². The maximum Gasteiger partial charge on any atom is 0.282 e. The van der Waals surface area contributed by atoms with Crippen LogP contribution in [0.1, 0.15) is 37.0 Å². The van der Waals surface area contributed by atoms with Crippen LogP contribution in [0, 0.1) is 5.92 Å². The van der Waals surface area contributed by atoms with E-state index in [1.807, 2.05) is 6.92 Å². The van der Waals surface area contributed by atoms with Gasteiger partial charge in [0.1, 0.15) is 0 Å². The van der Waals surface area contributed by atoms with Gasteiger partial charge in [0.15, 0.2) is 0 Å². The molecule has 1 N–H and O–H groups in total. The molecule has 1 heterocycles. The summed E-state index contributed by atoms with van der Waals surface area (Å²) in [4.78, 5) is 11.6. The summed E-state index contributed by atoms with van der Waals surface area (Å²) in [6.07, 6.45) is 0.943. The molecule has 1 rings (SSSR count). The van der Waals surface area contributed by atoms with E-state index in [0.29, 0.717) is 10.9 Å². The molecule has 4 nitrogen and oxygen atoms in total. The summed E-state index contributed by atoms with van der Waals surface area (Å²) in [5, 5.41) is 10.4. The molecule has 0 aliphatic carbocycles. The second kappa shape index (κ2) is 5.42. The third kappa shape index (κ3) is 4.13. The van der Waals surface area contributed by atoms with Gasteiger partial charge in [-0.25, -0.2) is 0 Å². The third-order valence-corrected chi connectivity index (χ3v) is 2.81. The van der Waals surface area contributed by atoms with Crippen molar-refractivity contribution in [3.63, 3.8) is 0 Å². The number of nitrogens with zero attached hydrogens (tertiary/aromatic N) is 2. The molecule has 0 fully saturated rings. The van der Waals surface area contributed by atoms with Gasteiger partial charge in [0, 0.05) is 6.04 Å². The summed E-state index contributed by atoms with van der Waals surface area (Å²) < 4.78 is 0.289. The summed E-state index contributed by atoms with van der Waals surface area (Å²) >= 11 is 6.68. The van der Waals surface area contributed by atoms with Crippen LogP contribution in [-0.4, -0.2) is 22.1 Å². The molecule has 1 aromatic rings. The first-order chi connectivity index (χ1) is 6.99. The van der Waals surface area contributed by atoms with E-state index in [9.17, 15) is 4.79 Å². The summed E-state index contributed by atoms with van der Waals surface area (Å²) in [7, 11) is 0. The standard InChI is InChI=1S/C9H14ClN3OS/c1-5(2)4-6(3)11-7(14)8-12-13-9(10)15-8/h5-6H,4H2,1-3H3,(H,11,14). The van der Waals surface area contributed by atoms with E-state index in [2.05, 4.69) is 29.4 Å². The number of halogens is 1. The van der Waals surface area contributed by atoms with Crippen molar-refractivity contribution in [2.24, 2.45) is 5.92 Å². The Labute approximate surface area is 98.0 Å². The zero-order valence-corrected chi connectivity index (χ0v) is 10.5. The molecule has 0 saturated carbocycles. The Morgan fingerprint density at radius 1 is 1.47 bits per heavy atom. The topological polar surface area (TPSA) is 54.9 Å². The zero-order chi connectivity index (χ0) is 11.4. The van der Waals surface area contributed by atoms with E-state index in [1.54, 1.807) is 0 Å². The minimum atomic E-state index is -0.201. The van der Waals surface area contributed by atoms with Gasteiger partial charge in [-0.2, -0.15) is 0 Å². The van der Waals surface area contributed by atoms with Crippen LogP contribution < -0.4 is 5.32 Å². The van der Waals surface area contributed by atoms with E-state index in [0.717, 1.165) is 17.8 Å². The second-order valence-electron chi connectivity index (χ2n) is 3.86. The first-order valence-electron chi connectivity index (χ1n) is 4.79. The van der Waals surface area contributed by atoms with Crippen molar-refractivity contribution in [3.8, 4) is 0 Å². The highest BCUT2D eigenvalue weighted by atomic mass is 35.5. The molecule has 0 saturated heterocycles. The van der Waals surface area contributed by atoms with E-state index < -0.39 is 0 Å². The number of aromatic nitrogens is 2. The van der Waals surface area contributed by atoms with Crippen LogP contribution in [-0.2, 0) is 0 Å². The quantitative estimate of drug-likeness (QED) is 0.889. The largest absolute Gasteiger partial charge is 0.347 e. The van der Waals surface area contributed by atoms with Crippen molar-refractivity contribution in [1.82, 2.24) is 15.5 Å². The molecule has 0 aliphatic rings. The van der Waals surface area contributed by atoms with E-state index in [-0.39, 0.29) is 16.4 Å². The van der Waals surface area contributed by atoms with Crippen molar-refractivity contribution in [2.45, 2.75) is 33.2 Å². The molecule has 6 heteroatoms. The summed E-state index contributed by atoms with van der Waals surface area (Å²) in [5.41, 5.74) is 0. The Kier molecular flexibility index (Phi) is 4.47. The highest BCUT2D eigenvalue weighted by molar-refractivity contribution is 7.17. The highest BCUT2D eigenvalue weighted by Gasteiger charge is 2.14. The number of carbonyl (C=O) groups excluding carboxylic acids is 1. The molecule has 1 unspecified atom stereocenters. The van der Waals surface area contributed by atoms with Gasteiger partial charge in [0.25, 0.3) is 5.91 Å². The fraction of sp³-hybridized carbons (Fsp3) is 0.667. The van der Waals surface area contributed by atoms with Crippen LogP contribution in [0.5, 0.6) is 0 Å². The maximum atomic E-state index is 11.6. The molecular formula is C9H14ClN3OS. The highest BCUT2D eigenvalue weighted by Crippen LogP contribution is 2.15. The van der Waals surface area contributed by atoms with Crippen molar-refractivity contribution >= 4 is 28.8 Å². The minimum absolute atomic E-state index is 0.139. The Balaban J connectivity index is 2.49. The molecule has 84 valence electrons. The minimum Gasteiger partial charge on any atom is -0.347 e. The van der Waals surface area contributed by atoms with E-state index in [4.69, 9.17) is 11.6 Å². The fourth-order valence-corrected chi connectivity index (χ4v) is 2.08. The first kappa shape index (κ1) is 12.4. The first-order valence-corrected chi connectivity index (χ1v) is 5.98. The molecule has 0 bridgehead atoms. The number of hydrogen-bond acceptors (Lipinski definition) is 4. The lowest BCUT2D eigenvalue weighted by atomic mass is 10.1. The van der Waals surface area contributed by atoms with Gasteiger partial charge >= 0.3 is 0 Å². The van der Waals surface area contributed by atoms with Crippen LogP contribution in [0.4, 0.5) is 0 Å². The number of hydrogen-bond donors (Lipinski definition) is 1. The molecule has 0 aliphatic heterocycles. The summed E-state index contributed by atoms with van der Waals surface area (Å²) in [6.45, 7) is 6.20. The average Bonchev–Trinajstić information content (AvgIpc) is 2.49. The number of carbonyl (C=O) groups is 1. The van der Waals surface area contributed by atoms with Gasteiger partial charge in [-0.3, -0.25) is 4.79 Å². The molecule has 1 amide bonds. The van der Waals surface area contributed by atoms with E-state index in [1.165, 1.54) is 0 Å². The molecule has 1 aromatic heterocycles. The third-order valence-electron chi connectivity index (χ3n) is 1.80. The molecular weight excluding hydrogens is 234 g/mol. The summed E-state index contributed by atoms with van der Waals surface area (Å²) in [5.74, 6) is 0.353. The monoisotopic (exact) mass is 247 g/mol. The van der Waals surface area contributed by atoms with Crippen LogP contribution >= 0.6 is 22.9 Å². The second-order valence-corrected chi connectivity index (χ2v) is 5.42. The number of rotatable bonds is 4. The van der Waals surface area contributed by atoms with Crippen molar-refractivity contribution < 1.29 is 4.79 Å². The molecule has 1 atom stereocenters. The average molecular weight is 248 g/mol. The predicted molar refractivity (Wildman–Crippen MR) is 61.3 cm³/mol. The van der Waals surface area contributed by atoms with Crippen LogP contribution in [0.2, 0.25) is 4.47 Å². The Morgan fingerprint density at radius 3 is 2.60 bits per heavy atom. The van der Waals surface area contributed by atoms with Gasteiger partial charge in [-0.05, 0) is 30.9 Å². The lowest BCUT2D eigenvalue weighted by molar-refractivity contribution is 0.0935. The zero-order valence-electron chi connectivity index (χ0n) is 8.95. The van der Waals surface area contributed by atoms with Crippen LogP contribution in [0.25, 0.3) is 0 Å². The molecule has 0 radical (unpaired) electrons. The maximum absolute atomic E-state index is 11.6. The van der Waals surface area contributed by atoms with Crippen LogP contribution in [0.15, 0.2) is 0 Å². The number of amides is 1. The smallest absolute Gasteiger partial charge is 0.282 e. The number of nitrogens with one attached hydrogen (secondary N) is 1. The van der Waals surface area contributed by atoms with Crippen molar-refractivity contribution in [2.75, 3.05) is 0 Å². The van der Waals surface area contributed by atoms with Gasteiger partial charge < -0.3 is 5.32 Å². The summed E-state index contributed by atoms with van der Waals surface area (Å²) in [6, 6.07) is 0.139. The Bertz CT molecular complexity index is 340. The SMILES string of the molecule is CC(C)CC(C)NC(=O)c1nnc(Cl)s1. The molecule has 0 aromatic carbocycles. The van der Waals surface area contributed by atoms with Crippen LogP contribution in [0.3, 0.4) is 0 Å². The normalized spacial score (nSPS) is 12.9. The van der Waals surface area contributed by atoms with Crippen molar-refractivity contribution in [1.29, 1.82) is 0 Å².